The van der Waals surface area contributed by atoms with Gasteiger partial charge >= 0.3 is 0 Å². The molecule has 0 bridgehead atoms. The highest BCUT2D eigenvalue weighted by Gasteiger charge is 2.25. The summed E-state index contributed by atoms with van der Waals surface area (Å²) in [5.41, 5.74) is 2.76. The number of sulfonamides is 1. The third-order valence-corrected chi connectivity index (χ3v) is 10.6. The Morgan fingerprint density at radius 3 is 1.74 bits per heavy atom. The number of hydrogen-bond donors (Lipinski definition) is 0. The molecular formula is C38H56ClIN2O3S. The summed E-state index contributed by atoms with van der Waals surface area (Å²) in [6.07, 6.45) is 22.5. The molecule has 0 aliphatic carbocycles. The molecule has 0 aliphatic rings. The highest BCUT2D eigenvalue weighted by atomic mass is 127. The summed E-state index contributed by atoms with van der Waals surface area (Å²) in [6.45, 7) is 8.26. The molecule has 0 spiro atoms. The lowest BCUT2D eigenvalue weighted by molar-refractivity contribution is -0.693. The molecule has 1 aromatic heterocycles. The van der Waals surface area contributed by atoms with E-state index < -0.39 is 10.0 Å². The Balaban J connectivity index is 0.00000736. The number of ether oxygens (including phenoxy) is 1. The third kappa shape index (κ3) is 14.6. The molecule has 0 atom stereocenters. The van der Waals surface area contributed by atoms with E-state index in [0.29, 0.717) is 17.4 Å². The smallest absolute Gasteiger partial charge is 0.243 e. The molecule has 256 valence electrons. The molecule has 46 heavy (non-hydrogen) atoms. The molecule has 0 saturated carbocycles. The second-order valence-corrected chi connectivity index (χ2v) is 14.7. The van der Waals surface area contributed by atoms with E-state index in [-0.39, 0.29) is 42.0 Å². The molecule has 0 aliphatic heterocycles. The first-order valence-electron chi connectivity index (χ1n) is 17.3. The molecule has 0 fully saturated rings. The SMILES string of the molecule is CCCCCCCCCCCCCCCCOc1ccc(CN(Cc2cc[n+](CC)cc2)S(=O)(=O)c2ccc(C)cc2)cc1Cl.[I-]. The van der Waals surface area contributed by atoms with Crippen molar-refractivity contribution in [2.24, 2.45) is 0 Å². The molecule has 0 radical (unpaired) electrons. The summed E-state index contributed by atoms with van der Waals surface area (Å²) in [5, 5.41) is 0.509. The van der Waals surface area contributed by atoms with Crippen LogP contribution in [0.4, 0.5) is 0 Å². The maximum atomic E-state index is 13.8. The van der Waals surface area contributed by atoms with Crippen LogP contribution in [0.2, 0.25) is 5.02 Å². The first-order chi connectivity index (χ1) is 21.8. The molecule has 0 saturated heterocycles. The highest BCUT2D eigenvalue weighted by molar-refractivity contribution is 7.89. The standard InChI is InChI=1S/C38H56ClN2O3S.HI/c1-4-6-7-8-9-10-11-12-13-14-15-16-17-18-29-44-38-24-21-35(30-37(38)39)32-41(31-34-25-27-40(5-2)28-26-34)45(42,43)36-22-19-33(3)20-23-36;/h19-28,30H,4-18,29,31-32H2,1-3H3;1H/q+1;/p-1. The Hall–Kier alpha value is -1.68. The normalized spacial score (nSPS) is 11.5. The minimum Gasteiger partial charge on any atom is -1.00 e. The largest absolute Gasteiger partial charge is 1.00 e. The van der Waals surface area contributed by atoms with Gasteiger partial charge in [0, 0.05) is 25.2 Å². The van der Waals surface area contributed by atoms with Gasteiger partial charge < -0.3 is 28.7 Å². The van der Waals surface area contributed by atoms with Crippen LogP contribution in [0, 0.1) is 6.92 Å². The Kier molecular flexibility index (Phi) is 20.1. The molecule has 3 rings (SSSR count). The first-order valence-corrected chi connectivity index (χ1v) is 19.1. The van der Waals surface area contributed by atoms with Crippen LogP contribution in [0.1, 0.15) is 120 Å². The van der Waals surface area contributed by atoms with Crippen molar-refractivity contribution in [2.45, 2.75) is 135 Å². The van der Waals surface area contributed by atoms with Crippen molar-refractivity contribution in [3.63, 3.8) is 0 Å². The van der Waals surface area contributed by atoms with Crippen molar-refractivity contribution in [3.05, 3.63) is 88.7 Å². The molecule has 8 heteroatoms. The molecule has 0 unspecified atom stereocenters. The number of rotatable bonds is 23. The maximum Gasteiger partial charge on any atom is 0.243 e. The zero-order chi connectivity index (χ0) is 32.3. The average Bonchev–Trinajstić information content (AvgIpc) is 3.04. The number of benzene rings is 2. The highest BCUT2D eigenvalue weighted by Crippen LogP contribution is 2.28. The molecule has 2 aromatic carbocycles. The van der Waals surface area contributed by atoms with Crippen LogP contribution in [0.5, 0.6) is 5.75 Å². The van der Waals surface area contributed by atoms with Crippen molar-refractivity contribution in [2.75, 3.05) is 6.61 Å². The maximum absolute atomic E-state index is 13.8. The van der Waals surface area contributed by atoms with Crippen LogP contribution in [-0.4, -0.2) is 19.3 Å². The second kappa shape index (κ2) is 22.8. The van der Waals surface area contributed by atoms with E-state index in [1.807, 2.05) is 61.8 Å². The monoisotopic (exact) mass is 782 g/mol. The van der Waals surface area contributed by atoms with Crippen molar-refractivity contribution in [3.8, 4) is 5.75 Å². The summed E-state index contributed by atoms with van der Waals surface area (Å²) < 4.78 is 37.1. The fraction of sp³-hybridized carbons (Fsp3) is 0.553. The van der Waals surface area contributed by atoms with Gasteiger partial charge in [-0.2, -0.15) is 4.31 Å². The van der Waals surface area contributed by atoms with E-state index in [1.165, 1.54) is 81.4 Å². The molecule has 3 aromatic rings. The van der Waals surface area contributed by atoms with Gasteiger partial charge in [0.1, 0.15) is 12.3 Å². The number of aryl methyl sites for hydroxylation is 2. The third-order valence-electron chi connectivity index (χ3n) is 8.45. The summed E-state index contributed by atoms with van der Waals surface area (Å²) in [6, 6.07) is 16.6. The molecular weight excluding hydrogens is 727 g/mol. The fourth-order valence-corrected chi connectivity index (χ4v) is 7.21. The lowest BCUT2D eigenvalue weighted by Crippen LogP contribution is -3.00. The van der Waals surface area contributed by atoms with Gasteiger partial charge in [-0.05, 0) is 55.7 Å². The van der Waals surface area contributed by atoms with E-state index in [0.717, 1.165) is 36.1 Å². The minimum atomic E-state index is -3.74. The van der Waals surface area contributed by atoms with Gasteiger partial charge in [0.25, 0.3) is 0 Å². The number of pyridine rings is 1. The fourth-order valence-electron chi connectivity index (χ4n) is 5.54. The van der Waals surface area contributed by atoms with Gasteiger partial charge in [-0.3, -0.25) is 0 Å². The van der Waals surface area contributed by atoms with Crippen LogP contribution in [0.15, 0.2) is 71.9 Å². The topological polar surface area (TPSA) is 50.5 Å². The quantitative estimate of drug-likeness (QED) is 0.0581. The van der Waals surface area contributed by atoms with Crippen molar-refractivity contribution in [1.29, 1.82) is 0 Å². The number of nitrogens with zero attached hydrogens (tertiary/aromatic N) is 2. The van der Waals surface area contributed by atoms with E-state index in [4.69, 9.17) is 16.3 Å². The van der Waals surface area contributed by atoms with Gasteiger partial charge in [0.2, 0.25) is 10.0 Å². The average molecular weight is 783 g/mol. The zero-order valence-electron chi connectivity index (χ0n) is 28.4. The Labute approximate surface area is 302 Å². The van der Waals surface area contributed by atoms with Crippen LogP contribution < -0.4 is 33.3 Å². The van der Waals surface area contributed by atoms with E-state index in [9.17, 15) is 8.42 Å². The van der Waals surface area contributed by atoms with Gasteiger partial charge in [0.15, 0.2) is 12.4 Å². The second-order valence-electron chi connectivity index (χ2n) is 12.3. The molecule has 5 nitrogen and oxygen atoms in total. The van der Waals surface area contributed by atoms with E-state index >= 15 is 0 Å². The van der Waals surface area contributed by atoms with Gasteiger partial charge in [-0.1, -0.05) is 126 Å². The number of unbranched alkanes of at least 4 members (excludes halogenated alkanes) is 13. The minimum absolute atomic E-state index is 0. The Morgan fingerprint density at radius 2 is 1.22 bits per heavy atom. The number of aromatic nitrogens is 1. The lowest BCUT2D eigenvalue weighted by atomic mass is 10.0. The van der Waals surface area contributed by atoms with Gasteiger partial charge in [-0.25, -0.2) is 13.0 Å². The van der Waals surface area contributed by atoms with E-state index in [1.54, 1.807) is 12.1 Å². The lowest BCUT2D eigenvalue weighted by Gasteiger charge is -2.23. The predicted octanol–water partition coefficient (Wildman–Crippen LogP) is 7.21. The van der Waals surface area contributed by atoms with Crippen molar-refractivity contribution in [1.82, 2.24) is 4.31 Å². The van der Waals surface area contributed by atoms with Crippen molar-refractivity contribution < 1.29 is 41.7 Å². The first kappa shape index (κ1) is 40.5. The Bertz CT molecular complexity index is 1350. The molecule has 0 N–H and O–H groups in total. The zero-order valence-corrected chi connectivity index (χ0v) is 32.1. The Morgan fingerprint density at radius 1 is 0.696 bits per heavy atom. The summed E-state index contributed by atoms with van der Waals surface area (Å²) >= 11 is 6.62. The van der Waals surface area contributed by atoms with Crippen LogP contribution in [0.3, 0.4) is 0 Å². The number of halogens is 2. The summed E-state index contributed by atoms with van der Waals surface area (Å²) in [7, 11) is -3.74. The molecule has 0 amide bonds. The predicted molar refractivity (Wildman–Crippen MR) is 187 cm³/mol. The summed E-state index contributed by atoms with van der Waals surface area (Å²) in [4.78, 5) is 0.284. The molecule has 1 heterocycles. The summed E-state index contributed by atoms with van der Waals surface area (Å²) in [5.74, 6) is 0.648. The van der Waals surface area contributed by atoms with Crippen LogP contribution >= 0.6 is 11.6 Å². The van der Waals surface area contributed by atoms with E-state index in [2.05, 4.69) is 18.4 Å². The van der Waals surface area contributed by atoms with Crippen LogP contribution in [0.25, 0.3) is 0 Å². The van der Waals surface area contributed by atoms with Gasteiger partial charge in [-0.15, -0.1) is 0 Å². The van der Waals surface area contributed by atoms with Crippen LogP contribution in [-0.2, 0) is 29.7 Å². The van der Waals surface area contributed by atoms with Crippen molar-refractivity contribution >= 4 is 21.6 Å². The number of hydrogen-bond acceptors (Lipinski definition) is 3. The van der Waals surface area contributed by atoms with Gasteiger partial charge in [0.05, 0.1) is 16.5 Å².